The van der Waals surface area contributed by atoms with Crippen molar-refractivity contribution >= 4 is 23.2 Å². The number of halogens is 1. The van der Waals surface area contributed by atoms with Crippen LogP contribution in [-0.2, 0) is 4.79 Å². The molecule has 1 fully saturated rings. The second kappa shape index (κ2) is 9.51. The largest absolute Gasteiger partial charge is 0.490 e. The van der Waals surface area contributed by atoms with E-state index in [4.69, 9.17) is 21.1 Å². The molecule has 0 unspecified atom stereocenters. The average molecular weight is 417 g/mol. The van der Waals surface area contributed by atoms with Crippen LogP contribution in [0.1, 0.15) is 30.9 Å². The fourth-order valence-electron chi connectivity index (χ4n) is 3.39. The molecule has 5 nitrogen and oxygen atoms in total. The second-order valence-corrected chi connectivity index (χ2v) is 8.14. The topological polar surface area (TPSA) is 50.8 Å². The molecule has 29 heavy (non-hydrogen) atoms. The predicted octanol–water partition coefficient (Wildman–Crippen LogP) is 4.84. The number of carbonyl (C=O) groups excluding carboxylic acids is 1. The highest BCUT2D eigenvalue weighted by atomic mass is 35.5. The summed E-state index contributed by atoms with van der Waals surface area (Å²) in [5.74, 6) is 1.25. The van der Waals surface area contributed by atoms with Gasteiger partial charge in [0.1, 0.15) is 17.6 Å². The van der Waals surface area contributed by atoms with Gasteiger partial charge in [-0.3, -0.25) is 4.79 Å². The summed E-state index contributed by atoms with van der Waals surface area (Å²) in [4.78, 5) is 14.8. The minimum atomic E-state index is -0.634. The van der Waals surface area contributed by atoms with Gasteiger partial charge in [0.25, 0.3) is 5.91 Å². The first-order chi connectivity index (χ1) is 13.8. The lowest BCUT2D eigenvalue weighted by molar-refractivity contribution is -0.122. The number of rotatable bonds is 6. The van der Waals surface area contributed by atoms with Gasteiger partial charge in [-0.1, -0.05) is 11.6 Å². The Morgan fingerprint density at radius 2 is 1.69 bits per heavy atom. The highest BCUT2D eigenvalue weighted by Crippen LogP contribution is 2.27. The van der Waals surface area contributed by atoms with Gasteiger partial charge in [0.05, 0.1) is 0 Å². The van der Waals surface area contributed by atoms with Gasteiger partial charge < -0.3 is 19.7 Å². The Balaban J connectivity index is 1.53. The minimum absolute atomic E-state index is 0.209. The average Bonchev–Trinajstić information content (AvgIpc) is 2.69. The van der Waals surface area contributed by atoms with Crippen molar-refractivity contribution in [3.63, 3.8) is 0 Å². The van der Waals surface area contributed by atoms with Crippen LogP contribution >= 0.6 is 11.6 Å². The van der Waals surface area contributed by atoms with Gasteiger partial charge in [0.15, 0.2) is 6.10 Å². The summed E-state index contributed by atoms with van der Waals surface area (Å²) < 4.78 is 11.8. The molecule has 1 aliphatic rings. The molecule has 156 valence electrons. The number of benzene rings is 2. The van der Waals surface area contributed by atoms with Crippen LogP contribution in [0.5, 0.6) is 11.5 Å². The molecule has 3 rings (SSSR count). The summed E-state index contributed by atoms with van der Waals surface area (Å²) in [6.45, 7) is 7.68. The molecule has 0 bridgehead atoms. The Bertz CT molecular complexity index is 823. The van der Waals surface area contributed by atoms with Gasteiger partial charge in [0, 0.05) is 23.8 Å². The molecule has 2 aromatic rings. The van der Waals surface area contributed by atoms with Crippen LogP contribution in [0, 0.1) is 13.8 Å². The van der Waals surface area contributed by atoms with Gasteiger partial charge in [-0.25, -0.2) is 0 Å². The molecule has 6 heteroatoms. The van der Waals surface area contributed by atoms with E-state index in [2.05, 4.69) is 17.3 Å². The summed E-state index contributed by atoms with van der Waals surface area (Å²) in [5.41, 5.74) is 2.56. The van der Waals surface area contributed by atoms with Gasteiger partial charge in [-0.05, 0) is 88.2 Å². The molecule has 0 aliphatic carbocycles. The molecule has 1 saturated heterocycles. The standard InChI is InChI=1S/C23H29ClN2O3/c1-15-13-21(14-16(2)22(15)24)28-17(3)23(27)25-18-5-7-19(8-6-18)29-20-9-11-26(4)12-10-20/h5-8,13-14,17,20H,9-12H2,1-4H3,(H,25,27)/t17-/m1/s1. The third-order valence-electron chi connectivity index (χ3n) is 5.18. The van der Waals surface area contributed by atoms with E-state index in [-0.39, 0.29) is 12.0 Å². The van der Waals surface area contributed by atoms with Crippen LogP contribution in [0.3, 0.4) is 0 Å². The number of nitrogens with one attached hydrogen (secondary N) is 1. The zero-order valence-corrected chi connectivity index (χ0v) is 18.3. The van der Waals surface area contributed by atoms with Crippen molar-refractivity contribution in [3.05, 3.63) is 52.5 Å². The SMILES string of the molecule is Cc1cc(O[C@H](C)C(=O)Nc2ccc(OC3CCN(C)CC3)cc2)cc(C)c1Cl. The first-order valence-electron chi connectivity index (χ1n) is 10.0. The van der Waals surface area contributed by atoms with E-state index in [0.717, 1.165) is 47.8 Å². The lowest BCUT2D eigenvalue weighted by Gasteiger charge is -2.29. The maximum atomic E-state index is 12.5. The molecule has 1 heterocycles. The maximum Gasteiger partial charge on any atom is 0.265 e. The van der Waals surface area contributed by atoms with Crippen molar-refractivity contribution in [2.75, 3.05) is 25.5 Å². The van der Waals surface area contributed by atoms with Crippen molar-refractivity contribution in [1.82, 2.24) is 4.90 Å². The van der Waals surface area contributed by atoms with Gasteiger partial charge in [-0.15, -0.1) is 0 Å². The highest BCUT2D eigenvalue weighted by molar-refractivity contribution is 6.32. The zero-order valence-electron chi connectivity index (χ0n) is 17.5. The molecule has 0 aromatic heterocycles. The lowest BCUT2D eigenvalue weighted by atomic mass is 10.1. The first-order valence-corrected chi connectivity index (χ1v) is 10.4. The number of amides is 1. The number of aryl methyl sites for hydroxylation is 2. The fraction of sp³-hybridized carbons (Fsp3) is 0.435. The normalized spacial score (nSPS) is 16.3. The van der Waals surface area contributed by atoms with Crippen LogP contribution in [0.25, 0.3) is 0 Å². The summed E-state index contributed by atoms with van der Waals surface area (Å²) in [6.07, 6.45) is 1.69. The Labute approximate surface area is 177 Å². The number of nitrogens with zero attached hydrogens (tertiary/aromatic N) is 1. The van der Waals surface area contributed by atoms with E-state index in [9.17, 15) is 4.79 Å². The van der Waals surface area contributed by atoms with Crippen molar-refractivity contribution < 1.29 is 14.3 Å². The Morgan fingerprint density at radius 1 is 1.10 bits per heavy atom. The van der Waals surface area contributed by atoms with Gasteiger partial charge >= 0.3 is 0 Å². The van der Waals surface area contributed by atoms with Crippen molar-refractivity contribution in [1.29, 1.82) is 0 Å². The monoisotopic (exact) mass is 416 g/mol. The molecule has 1 atom stereocenters. The van der Waals surface area contributed by atoms with Crippen molar-refractivity contribution in [3.8, 4) is 11.5 Å². The van der Waals surface area contributed by atoms with E-state index >= 15 is 0 Å². The first kappa shape index (κ1) is 21.5. The number of hydrogen-bond acceptors (Lipinski definition) is 4. The van der Waals surface area contributed by atoms with E-state index in [1.807, 2.05) is 50.2 Å². The van der Waals surface area contributed by atoms with E-state index in [0.29, 0.717) is 11.4 Å². The molecule has 1 aliphatic heterocycles. The number of hydrogen-bond donors (Lipinski definition) is 1. The Hall–Kier alpha value is -2.24. The smallest absolute Gasteiger partial charge is 0.265 e. The van der Waals surface area contributed by atoms with Gasteiger partial charge in [-0.2, -0.15) is 0 Å². The van der Waals surface area contributed by atoms with Crippen LogP contribution in [0.2, 0.25) is 5.02 Å². The van der Waals surface area contributed by atoms with Crippen LogP contribution in [0.15, 0.2) is 36.4 Å². The summed E-state index contributed by atoms with van der Waals surface area (Å²) >= 11 is 6.19. The summed E-state index contributed by atoms with van der Waals surface area (Å²) in [7, 11) is 2.13. The number of anilines is 1. The molecular weight excluding hydrogens is 388 g/mol. The third kappa shape index (κ3) is 5.87. The Kier molecular flexibility index (Phi) is 7.04. The Morgan fingerprint density at radius 3 is 2.28 bits per heavy atom. The second-order valence-electron chi connectivity index (χ2n) is 7.77. The van der Waals surface area contributed by atoms with Crippen molar-refractivity contribution in [2.45, 2.75) is 45.8 Å². The number of piperidine rings is 1. The van der Waals surface area contributed by atoms with Crippen LogP contribution < -0.4 is 14.8 Å². The zero-order chi connectivity index (χ0) is 21.0. The molecule has 1 amide bonds. The van der Waals surface area contributed by atoms with Crippen LogP contribution in [0.4, 0.5) is 5.69 Å². The molecular formula is C23H29ClN2O3. The minimum Gasteiger partial charge on any atom is -0.490 e. The van der Waals surface area contributed by atoms with E-state index in [1.54, 1.807) is 6.92 Å². The highest BCUT2D eigenvalue weighted by Gasteiger charge is 2.19. The van der Waals surface area contributed by atoms with Crippen LogP contribution in [-0.4, -0.2) is 43.2 Å². The third-order valence-corrected chi connectivity index (χ3v) is 5.78. The number of likely N-dealkylation sites (tertiary alicyclic amines) is 1. The molecule has 0 spiro atoms. The van der Waals surface area contributed by atoms with Crippen molar-refractivity contribution in [2.24, 2.45) is 0 Å². The maximum absolute atomic E-state index is 12.5. The van der Waals surface area contributed by atoms with Gasteiger partial charge in [0.2, 0.25) is 0 Å². The lowest BCUT2D eigenvalue weighted by Crippen LogP contribution is -2.35. The molecule has 1 N–H and O–H groups in total. The molecule has 0 saturated carbocycles. The van der Waals surface area contributed by atoms with E-state index in [1.165, 1.54) is 0 Å². The summed E-state index contributed by atoms with van der Waals surface area (Å²) in [6, 6.07) is 11.2. The molecule has 0 radical (unpaired) electrons. The quantitative estimate of drug-likeness (QED) is 0.732. The number of ether oxygens (including phenoxy) is 2. The fourth-order valence-corrected chi connectivity index (χ4v) is 3.50. The number of carbonyl (C=O) groups is 1. The molecule has 2 aromatic carbocycles. The predicted molar refractivity (Wildman–Crippen MR) is 117 cm³/mol. The van der Waals surface area contributed by atoms with E-state index < -0.39 is 6.10 Å². The summed E-state index contributed by atoms with van der Waals surface area (Å²) in [5, 5.41) is 3.61.